The van der Waals surface area contributed by atoms with Crippen LogP contribution in [-0.4, -0.2) is 43.3 Å². The molecule has 43 heavy (non-hydrogen) atoms. The lowest BCUT2D eigenvalue weighted by atomic mass is 10.1. The van der Waals surface area contributed by atoms with Crippen LogP contribution in [0.25, 0.3) is 0 Å². The number of fused-ring (bicyclic) bond motifs is 1. The molecular weight excluding hydrogens is 583 g/mol. The smallest absolute Gasteiger partial charge is 0.416 e. The van der Waals surface area contributed by atoms with Crippen LogP contribution in [0, 0.1) is 0 Å². The van der Waals surface area contributed by atoms with E-state index in [2.05, 4.69) is 15.2 Å². The first-order valence-electron chi connectivity index (χ1n) is 13.4. The molecule has 0 fully saturated rings. The molecule has 1 aliphatic heterocycles. The third kappa shape index (κ3) is 7.76. The molecule has 0 spiro atoms. The number of aromatic nitrogens is 1. The Kier molecular flexibility index (Phi) is 9.37. The number of amides is 1. The molecule has 0 bridgehead atoms. The van der Waals surface area contributed by atoms with E-state index in [-0.39, 0.29) is 19.0 Å². The quantitative estimate of drug-likeness (QED) is 0.207. The molecule has 1 amide bonds. The molecule has 0 saturated heterocycles. The van der Waals surface area contributed by atoms with Gasteiger partial charge in [0, 0.05) is 25.0 Å². The largest absolute Gasteiger partial charge is 0.493 e. The van der Waals surface area contributed by atoms with Crippen molar-refractivity contribution in [1.82, 2.24) is 15.2 Å². The summed E-state index contributed by atoms with van der Waals surface area (Å²) in [6.45, 7) is 1.91. The van der Waals surface area contributed by atoms with Gasteiger partial charge in [0.15, 0.2) is 23.0 Å². The number of halogens is 3. The van der Waals surface area contributed by atoms with Crippen molar-refractivity contribution in [3.8, 4) is 23.0 Å². The number of alkyl halides is 3. The number of benzene rings is 3. The standard InChI is InChI=1S/C31H30F3N3O5S/c1-39-25-8-6-20(13-27(25)40-2)10-11-37(16-22-7-9-26-28(14-22)42-19-41-26)17-29-36-24(18-43-29)30(38)35-15-21-4-3-5-23(12-21)31(32,33)34/h3-9,12-14,18H,10-11,15-17,19H2,1-2H3,(H,35,38). The zero-order chi connectivity index (χ0) is 30.4. The molecule has 1 N–H and O–H groups in total. The minimum atomic E-state index is -4.45. The number of carbonyl (C=O) groups is 1. The lowest BCUT2D eigenvalue weighted by Gasteiger charge is -2.22. The van der Waals surface area contributed by atoms with Crippen molar-refractivity contribution in [3.05, 3.63) is 99.0 Å². The fraction of sp³-hybridized carbons (Fsp3) is 0.290. The first-order chi connectivity index (χ1) is 20.7. The number of carbonyl (C=O) groups excluding carboxylic acids is 1. The van der Waals surface area contributed by atoms with Crippen LogP contribution >= 0.6 is 11.3 Å². The van der Waals surface area contributed by atoms with Crippen LogP contribution in [0.3, 0.4) is 0 Å². The van der Waals surface area contributed by atoms with Crippen molar-refractivity contribution in [2.45, 2.75) is 32.2 Å². The Balaban J connectivity index is 1.26. The molecule has 0 atom stereocenters. The van der Waals surface area contributed by atoms with Gasteiger partial charge in [-0.05, 0) is 59.5 Å². The Morgan fingerprint density at radius 1 is 0.953 bits per heavy atom. The first kappa shape index (κ1) is 30.2. The zero-order valence-electron chi connectivity index (χ0n) is 23.6. The number of nitrogens with one attached hydrogen (secondary N) is 1. The molecule has 0 saturated carbocycles. The topological polar surface area (TPSA) is 82.2 Å². The summed E-state index contributed by atoms with van der Waals surface area (Å²) in [5, 5.41) is 5.06. The third-order valence-electron chi connectivity index (χ3n) is 6.86. The van der Waals surface area contributed by atoms with Gasteiger partial charge in [0.2, 0.25) is 6.79 Å². The molecule has 226 valence electrons. The molecule has 0 aliphatic carbocycles. The van der Waals surface area contributed by atoms with E-state index < -0.39 is 17.6 Å². The van der Waals surface area contributed by atoms with E-state index in [4.69, 9.17) is 18.9 Å². The predicted octanol–water partition coefficient (Wildman–Crippen LogP) is 6.08. The number of thiazole rings is 1. The van der Waals surface area contributed by atoms with Crippen molar-refractivity contribution < 1.29 is 36.9 Å². The molecule has 4 aromatic rings. The van der Waals surface area contributed by atoms with E-state index >= 15 is 0 Å². The average molecular weight is 614 g/mol. The van der Waals surface area contributed by atoms with E-state index in [0.29, 0.717) is 48.2 Å². The zero-order valence-corrected chi connectivity index (χ0v) is 24.4. The van der Waals surface area contributed by atoms with Gasteiger partial charge in [-0.3, -0.25) is 9.69 Å². The van der Waals surface area contributed by atoms with Crippen LogP contribution in [0.5, 0.6) is 23.0 Å². The van der Waals surface area contributed by atoms with Gasteiger partial charge in [-0.25, -0.2) is 4.98 Å². The molecule has 1 aromatic heterocycles. The summed E-state index contributed by atoms with van der Waals surface area (Å²) in [5.74, 6) is 2.27. The minimum Gasteiger partial charge on any atom is -0.493 e. The van der Waals surface area contributed by atoms with E-state index in [9.17, 15) is 18.0 Å². The van der Waals surface area contributed by atoms with Gasteiger partial charge in [-0.1, -0.05) is 24.3 Å². The van der Waals surface area contributed by atoms with Crippen molar-refractivity contribution in [2.75, 3.05) is 27.6 Å². The number of nitrogens with zero attached hydrogens (tertiary/aromatic N) is 2. The maximum absolute atomic E-state index is 13.0. The highest BCUT2D eigenvalue weighted by Gasteiger charge is 2.30. The summed E-state index contributed by atoms with van der Waals surface area (Å²) in [6, 6.07) is 16.5. The van der Waals surface area contributed by atoms with E-state index in [1.807, 2.05) is 36.4 Å². The Bertz CT molecular complexity index is 1580. The number of hydrogen-bond acceptors (Lipinski definition) is 8. The Labute approximate surface area is 251 Å². The Hall–Kier alpha value is -4.29. The monoisotopic (exact) mass is 613 g/mol. The van der Waals surface area contributed by atoms with Crippen LogP contribution in [0.4, 0.5) is 13.2 Å². The van der Waals surface area contributed by atoms with E-state index in [1.54, 1.807) is 19.6 Å². The van der Waals surface area contributed by atoms with Crippen LogP contribution in [-0.2, 0) is 32.2 Å². The SMILES string of the molecule is COc1ccc(CCN(Cc2ccc3c(c2)OCO3)Cc2nc(C(=O)NCc3cccc(C(F)(F)F)c3)cs2)cc1OC. The highest BCUT2D eigenvalue weighted by Crippen LogP contribution is 2.33. The number of methoxy groups -OCH3 is 2. The second-order valence-corrected chi connectivity index (χ2v) is 10.8. The summed E-state index contributed by atoms with van der Waals surface area (Å²) >= 11 is 1.35. The molecule has 0 unspecified atom stereocenters. The molecule has 5 rings (SSSR count). The van der Waals surface area contributed by atoms with Gasteiger partial charge in [-0.2, -0.15) is 13.2 Å². The summed E-state index contributed by atoms with van der Waals surface area (Å²) in [7, 11) is 3.20. The number of rotatable bonds is 12. The minimum absolute atomic E-state index is 0.0445. The number of ether oxygens (including phenoxy) is 4. The predicted molar refractivity (Wildman–Crippen MR) is 155 cm³/mol. The third-order valence-corrected chi connectivity index (χ3v) is 7.69. The molecule has 1 aliphatic rings. The maximum Gasteiger partial charge on any atom is 0.416 e. The van der Waals surface area contributed by atoms with Gasteiger partial charge < -0.3 is 24.3 Å². The van der Waals surface area contributed by atoms with Crippen LogP contribution in [0.15, 0.2) is 66.0 Å². The van der Waals surface area contributed by atoms with Crippen LogP contribution in [0.1, 0.15) is 37.7 Å². The van der Waals surface area contributed by atoms with Crippen molar-refractivity contribution in [3.63, 3.8) is 0 Å². The second-order valence-electron chi connectivity index (χ2n) is 9.84. The van der Waals surface area contributed by atoms with Gasteiger partial charge in [0.1, 0.15) is 10.7 Å². The van der Waals surface area contributed by atoms with E-state index in [0.717, 1.165) is 34.7 Å². The first-order valence-corrected chi connectivity index (χ1v) is 14.3. The molecule has 3 aromatic carbocycles. The van der Waals surface area contributed by atoms with Gasteiger partial charge in [0.25, 0.3) is 5.91 Å². The lowest BCUT2D eigenvalue weighted by Crippen LogP contribution is -2.26. The molecule has 8 nitrogen and oxygen atoms in total. The highest BCUT2D eigenvalue weighted by atomic mass is 32.1. The molecule has 0 radical (unpaired) electrons. The molecular formula is C31H30F3N3O5S. The van der Waals surface area contributed by atoms with E-state index in [1.165, 1.54) is 23.5 Å². The van der Waals surface area contributed by atoms with Crippen LogP contribution < -0.4 is 24.3 Å². The van der Waals surface area contributed by atoms with Crippen molar-refractivity contribution >= 4 is 17.2 Å². The molecule has 12 heteroatoms. The summed E-state index contributed by atoms with van der Waals surface area (Å²) in [4.78, 5) is 19.5. The Morgan fingerprint density at radius 2 is 1.74 bits per heavy atom. The van der Waals surface area contributed by atoms with Gasteiger partial charge in [-0.15, -0.1) is 11.3 Å². The fourth-order valence-corrected chi connectivity index (χ4v) is 5.46. The van der Waals surface area contributed by atoms with Crippen molar-refractivity contribution in [2.24, 2.45) is 0 Å². The average Bonchev–Trinajstić information content (AvgIpc) is 3.68. The normalized spacial score (nSPS) is 12.4. The van der Waals surface area contributed by atoms with Gasteiger partial charge in [0.05, 0.1) is 26.3 Å². The van der Waals surface area contributed by atoms with Crippen LogP contribution in [0.2, 0.25) is 0 Å². The molecule has 2 heterocycles. The summed E-state index contributed by atoms with van der Waals surface area (Å²) in [6.07, 6.45) is -3.73. The highest BCUT2D eigenvalue weighted by molar-refractivity contribution is 7.09. The van der Waals surface area contributed by atoms with Gasteiger partial charge >= 0.3 is 6.18 Å². The lowest BCUT2D eigenvalue weighted by molar-refractivity contribution is -0.137. The maximum atomic E-state index is 13.0. The summed E-state index contributed by atoms with van der Waals surface area (Å²) in [5.41, 5.74) is 1.92. The number of hydrogen-bond donors (Lipinski definition) is 1. The fourth-order valence-electron chi connectivity index (χ4n) is 4.64. The van der Waals surface area contributed by atoms with Crippen molar-refractivity contribution in [1.29, 1.82) is 0 Å². The second kappa shape index (κ2) is 13.3. The summed E-state index contributed by atoms with van der Waals surface area (Å²) < 4.78 is 60.9. The Morgan fingerprint density at radius 3 is 2.53 bits per heavy atom.